The maximum Gasteiger partial charge on any atom is -0.0233 e. The first-order valence-electron chi connectivity index (χ1n) is 7.01. The predicted octanol–water partition coefficient (Wildman–Crippen LogP) is 6.91. The summed E-state index contributed by atoms with van der Waals surface area (Å²) in [7, 11) is 0. The fourth-order valence-corrected chi connectivity index (χ4v) is 0.816. The van der Waals surface area contributed by atoms with Crippen LogP contribution >= 0.6 is 0 Å². The van der Waals surface area contributed by atoms with Crippen molar-refractivity contribution in [3.05, 3.63) is 54.6 Å². The molecule has 18 heavy (non-hydrogen) atoms. The van der Waals surface area contributed by atoms with Crippen molar-refractivity contribution < 1.29 is 0 Å². The second-order valence-electron chi connectivity index (χ2n) is 2.47. The Morgan fingerprint density at radius 1 is 0.833 bits per heavy atom. The highest BCUT2D eigenvalue weighted by atomic mass is 13.9. The minimum Gasteiger partial charge on any atom is -0.103 e. The molecule has 0 saturated carbocycles. The molecule has 106 valence electrons. The summed E-state index contributed by atoms with van der Waals surface area (Å²) in [6, 6.07) is 8.19. The summed E-state index contributed by atoms with van der Waals surface area (Å²) >= 11 is 0. The van der Waals surface area contributed by atoms with Crippen molar-refractivity contribution in [2.75, 3.05) is 0 Å². The quantitative estimate of drug-likeness (QED) is 0.475. The van der Waals surface area contributed by atoms with E-state index in [1.165, 1.54) is 11.1 Å². The Kier molecular flexibility index (Phi) is 42.0. The van der Waals surface area contributed by atoms with Crippen molar-refractivity contribution in [3.8, 4) is 0 Å². The topological polar surface area (TPSA) is 0 Å². The Bertz CT molecular complexity index is 246. The van der Waals surface area contributed by atoms with E-state index in [-0.39, 0.29) is 0 Å². The highest BCUT2D eigenvalue weighted by Gasteiger charge is 1.86. The molecule has 0 aliphatic heterocycles. The number of benzene rings is 1. The number of rotatable bonds is 1. The molecule has 0 heteroatoms. The lowest BCUT2D eigenvalue weighted by Crippen LogP contribution is -1.75. The minimum absolute atomic E-state index is 1.22. The van der Waals surface area contributed by atoms with E-state index < -0.39 is 0 Å². The van der Waals surface area contributed by atoms with Gasteiger partial charge in [0.05, 0.1) is 0 Å². The van der Waals surface area contributed by atoms with Crippen LogP contribution in [-0.4, -0.2) is 0 Å². The summed E-state index contributed by atoms with van der Waals surface area (Å²) in [6.45, 7) is 23.0. The molecule has 0 aliphatic carbocycles. The van der Waals surface area contributed by atoms with Gasteiger partial charge in [-0.25, -0.2) is 0 Å². The second-order valence-corrected chi connectivity index (χ2v) is 2.47. The summed E-state index contributed by atoms with van der Waals surface area (Å²) in [5, 5.41) is 0. The zero-order chi connectivity index (χ0) is 15.4. The molecule has 0 nitrogen and oxygen atoms in total. The normalized spacial score (nSPS) is 6.22. The van der Waals surface area contributed by atoms with Gasteiger partial charge in [-0.1, -0.05) is 84.5 Å². The molecule has 1 aromatic carbocycles. The molecule has 0 amide bonds. The highest BCUT2D eigenvalue weighted by Crippen LogP contribution is 2.06. The van der Waals surface area contributed by atoms with Crippen LogP contribution in [0.25, 0.3) is 6.08 Å². The van der Waals surface area contributed by atoms with Crippen molar-refractivity contribution >= 4 is 6.08 Å². The fourth-order valence-electron chi connectivity index (χ4n) is 0.816. The zero-order valence-corrected chi connectivity index (χ0v) is 13.9. The summed E-state index contributed by atoms with van der Waals surface area (Å²) in [5.74, 6) is 0. The minimum atomic E-state index is 1.22. The van der Waals surface area contributed by atoms with Crippen molar-refractivity contribution in [2.45, 2.75) is 55.4 Å². The van der Waals surface area contributed by atoms with E-state index in [0.717, 1.165) is 0 Å². The van der Waals surface area contributed by atoms with E-state index in [2.05, 4.69) is 32.2 Å². The summed E-state index contributed by atoms with van der Waals surface area (Å²) in [6.07, 6.45) is 3.62. The van der Waals surface area contributed by atoms with Gasteiger partial charge in [-0.15, -0.1) is 6.58 Å². The SMILES string of the molecule is C=CC.C=Cc1ccccc1C.CC.CC.CC. The molecular weight excluding hydrogens is 216 g/mol. The standard InChI is InChI=1S/C9H10.C3H6.3C2H6/c1-3-9-7-5-4-6-8(9)2;1-3-2;3*1-2/h3-7H,1H2,2H3;3H,1H2,2H3;3*1-2H3. The molecule has 0 aromatic heterocycles. The monoisotopic (exact) mass is 250 g/mol. The molecule has 0 aliphatic rings. The number of hydrogen-bond donors (Lipinski definition) is 0. The van der Waals surface area contributed by atoms with E-state index in [1.54, 1.807) is 6.08 Å². The highest BCUT2D eigenvalue weighted by molar-refractivity contribution is 5.50. The molecule has 0 saturated heterocycles. The molecule has 0 atom stereocenters. The van der Waals surface area contributed by atoms with E-state index in [0.29, 0.717) is 0 Å². The van der Waals surface area contributed by atoms with Gasteiger partial charge in [0.1, 0.15) is 0 Å². The van der Waals surface area contributed by atoms with Gasteiger partial charge >= 0.3 is 0 Å². The van der Waals surface area contributed by atoms with Crippen molar-refractivity contribution in [2.24, 2.45) is 0 Å². The fraction of sp³-hybridized carbons (Fsp3) is 0.444. The molecule has 0 radical (unpaired) electrons. The Hall–Kier alpha value is -1.30. The van der Waals surface area contributed by atoms with Crippen LogP contribution in [0.3, 0.4) is 0 Å². The van der Waals surface area contributed by atoms with Gasteiger partial charge in [0.15, 0.2) is 0 Å². The lowest BCUT2D eigenvalue weighted by Gasteiger charge is -1.95. The molecule has 1 rings (SSSR count). The van der Waals surface area contributed by atoms with E-state index in [4.69, 9.17) is 0 Å². The number of aryl methyl sites for hydroxylation is 1. The molecule has 0 N–H and O–H groups in total. The van der Waals surface area contributed by atoms with Gasteiger partial charge in [-0.05, 0) is 25.0 Å². The smallest absolute Gasteiger partial charge is 0.0233 e. The zero-order valence-electron chi connectivity index (χ0n) is 13.9. The van der Waals surface area contributed by atoms with E-state index in [1.807, 2.05) is 66.7 Å². The average molecular weight is 250 g/mol. The Labute approximate surface area is 116 Å². The summed E-state index contributed by atoms with van der Waals surface area (Å²) < 4.78 is 0. The van der Waals surface area contributed by atoms with Crippen molar-refractivity contribution in [1.82, 2.24) is 0 Å². The first kappa shape index (κ1) is 25.5. The Morgan fingerprint density at radius 2 is 1.17 bits per heavy atom. The van der Waals surface area contributed by atoms with Crippen LogP contribution < -0.4 is 0 Å². The number of hydrogen-bond acceptors (Lipinski definition) is 0. The maximum atomic E-state index is 3.69. The molecule has 0 spiro atoms. The molecule has 0 heterocycles. The van der Waals surface area contributed by atoms with Crippen LogP contribution in [0.5, 0.6) is 0 Å². The number of allylic oxidation sites excluding steroid dienone is 1. The van der Waals surface area contributed by atoms with Crippen LogP contribution in [0.1, 0.15) is 59.6 Å². The van der Waals surface area contributed by atoms with E-state index in [9.17, 15) is 0 Å². The van der Waals surface area contributed by atoms with Gasteiger partial charge < -0.3 is 0 Å². The van der Waals surface area contributed by atoms with Crippen LogP contribution in [0.4, 0.5) is 0 Å². The van der Waals surface area contributed by atoms with Gasteiger partial charge in [-0.3, -0.25) is 0 Å². The Morgan fingerprint density at radius 3 is 1.39 bits per heavy atom. The summed E-state index contributed by atoms with van der Waals surface area (Å²) in [4.78, 5) is 0. The predicted molar refractivity (Wildman–Crippen MR) is 91.2 cm³/mol. The van der Waals surface area contributed by atoms with Gasteiger partial charge in [0.2, 0.25) is 0 Å². The average Bonchev–Trinajstić information content (AvgIpc) is 2.47. The van der Waals surface area contributed by atoms with Crippen molar-refractivity contribution in [1.29, 1.82) is 0 Å². The van der Waals surface area contributed by atoms with Crippen LogP contribution in [-0.2, 0) is 0 Å². The van der Waals surface area contributed by atoms with Gasteiger partial charge in [-0.2, -0.15) is 0 Å². The van der Waals surface area contributed by atoms with Gasteiger partial charge in [0.25, 0.3) is 0 Å². The van der Waals surface area contributed by atoms with Crippen LogP contribution in [0, 0.1) is 6.92 Å². The Balaban J connectivity index is -0.0000000925. The lowest BCUT2D eigenvalue weighted by molar-refractivity contribution is 1.45. The molecule has 0 unspecified atom stereocenters. The largest absolute Gasteiger partial charge is 0.103 e. The third kappa shape index (κ3) is 20.2. The molecule has 1 aromatic rings. The summed E-state index contributed by atoms with van der Waals surface area (Å²) in [5.41, 5.74) is 2.50. The first-order chi connectivity index (χ1) is 8.76. The first-order valence-corrected chi connectivity index (χ1v) is 7.01. The van der Waals surface area contributed by atoms with Crippen LogP contribution in [0.15, 0.2) is 43.5 Å². The molecule has 0 fully saturated rings. The van der Waals surface area contributed by atoms with Crippen molar-refractivity contribution in [3.63, 3.8) is 0 Å². The van der Waals surface area contributed by atoms with E-state index >= 15 is 0 Å². The molecule has 0 bridgehead atoms. The third-order valence-corrected chi connectivity index (χ3v) is 1.41. The molecular formula is C18H34. The third-order valence-electron chi connectivity index (χ3n) is 1.41. The lowest BCUT2D eigenvalue weighted by atomic mass is 10.1. The maximum absolute atomic E-state index is 3.69. The van der Waals surface area contributed by atoms with Crippen LogP contribution in [0.2, 0.25) is 0 Å². The second kappa shape index (κ2) is 29.6. The van der Waals surface area contributed by atoms with Gasteiger partial charge in [0, 0.05) is 0 Å².